The molecule has 0 atom stereocenters. The van der Waals surface area contributed by atoms with Crippen LogP contribution >= 0.6 is 15.9 Å². The third-order valence-electron chi connectivity index (χ3n) is 2.27. The van der Waals surface area contributed by atoms with Crippen molar-refractivity contribution in [3.63, 3.8) is 0 Å². The van der Waals surface area contributed by atoms with Gasteiger partial charge >= 0.3 is 0 Å². The standard InChI is InChI=1S/C11H11BrN2O/c12-6-3-7-14-10-5-2-1-4-9(10)11(15)8-13-14/h1-2,4-5,8H,3,6-7H2. The van der Waals surface area contributed by atoms with E-state index in [2.05, 4.69) is 21.0 Å². The van der Waals surface area contributed by atoms with Crippen LogP contribution < -0.4 is 5.43 Å². The molecular weight excluding hydrogens is 256 g/mol. The zero-order chi connectivity index (χ0) is 10.7. The number of fused-ring (bicyclic) bond motifs is 1. The van der Waals surface area contributed by atoms with Crippen molar-refractivity contribution in [1.29, 1.82) is 0 Å². The third kappa shape index (κ3) is 2.09. The first-order valence-electron chi connectivity index (χ1n) is 4.84. The van der Waals surface area contributed by atoms with Crippen LogP contribution in [0.3, 0.4) is 0 Å². The highest BCUT2D eigenvalue weighted by molar-refractivity contribution is 9.09. The summed E-state index contributed by atoms with van der Waals surface area (Å²) in [6.07, 6.45) is 2.39. The zero-order valence-electron chi connectivity index (χ0n) is 8.19. The molecule has 15 heavy (non-hydrogen) atoms. The van der Waals surface area contributed by atoms with Crippen molar-refractivity contribution in [2.45, 2.75) is 13.0 Å². The first kappa shape index (κ1) is 10.4. The Hall–Kier alpha value is -1.16. The summed E-state index contributed by atoms with van der Waals surface area (Å²) in [5.41, 5.74) is 0.895. The van der Waals surface area contributed by atoms with Gasteiger partial charge in [0.15, 0.2) is 0 Å². The van der Waals surface area contributed by atoms with E-state index < -0.39 is 0 Å². The summed E-state index contributed by atoms with van der Waals surface area (Å²) in [4.78, 5) is 11.5. The van der Waals surface area contributed by atoms with E-state index in [0.717, 1.165) is 29.2 Å². The Kier molecular flexibility index (Phi) is 3.16. The van der Waals surface area contributed by atoms with Crippen molar-refractivity contribution < 1.29 is 0 Å². The van der Waals surface area contributed by atoms with Crippen LogP contribution in [0.1, 0.15) is 6.42 Å². The van der Waals surface area contributed by atoms with Crippen LogP contribution in [0.2, 0.25) is 0 Å². The summed E-state index contributed by atoms with van der Waals surface area (Å²) in [6.45, 7) is 0.825. The van der Waals surface area contributed by atoms with E-state index in [9.17, 15) is 4.79 Å². The van der Waals surface area contributed by atoms with Crippen molar-refractivity contribution in [2.75, 3.05) is 5.33 Å². The first-order chi connectivity index (χ1) is 7.33. The molecule has 1 heterocycles. The summed E-state index contributed by atoms with van der Waals surface area (Å²) in [5, 5.41) is 5.80. The molecule has 4 heteroatoms. The van der Waals surface area contributed by atoms with Crippen molar-refractivity contribution in [2.24, 2.45) is 0 Å². The molecule has 2 aromatic rings. The highest BCUT2D eigenvalue weighted by Crippen LogP contribution is 2.08. The van der Waals surface area contributed by atoms with E-state index in [1.165, 1.54) is 6.20 Å². The van der Waals surface area contributed by atoms with Crippen molar-refractivity contribution >= 4 is 26.8 Å². The number of benzene rings is 1. The highest BCUT2D eigenvalue weighted by atomic mass is 79.9. The van der Waals surface area contributed by atoms with Crippen LogP contribution in [0.15, 0.2) is 35.3 Å². The lowest BCUT2D eigenvalue weighted by Crippen LogP contribution is -2.12. The number of hydrogen-bond acceptors (Lipinski definition) is 2. The molecule has 78 valence electrons. The SMILES string of the molecule is O=c1cnn(CCCBr)c2ccccc12. The van der Waals surface area contributed by atoms with Crippen LogP contribution in [-0.4, -0.2) is 15.1 Å². The summed E-state index contributed by atoms with van der Waals surface area (Å²) in [7, 11) is 0. The second-order valence-electron chi connectivity index (χ2n) is 3.29. The number of alkyl halides is 1. The quantitative estimate of drug-likeness (QED) is 0.799. The van der Waals surface area contributed by atoms with E-state index in [4.69, 9.17) is 0 Å². The molecular formula is C11H11BrN2O. The maximum absolute atomic E-state index is 11.5. The highest BCUT2D eigenvalue weighted by Gasteiger charge is 2.01. The topological polar surface area (TPSA) is 34.9 Å². The van der Waals surface area contributed by atoms with Gasteiger partial charge in [-0.25, -0.2) is 0 Å². The number of hydrogen-bond donors (Lipinski definition) is 0. The van der Waals surface area contributed by atoms with Crippen LogP contribution in [0.5, 0.6) is 0 Å². The van der Waals surface area contributed by atoms with Crippen molar-refractivity contribution in [3.05, 3.63) is 40.7 Å². The average Bonchev–Trinajstić information content (AvgIpc) is 2.29. The Labute approximate surface area is 95.9 Å². The van der Waals surface area contributed by atoms with Crippen LogP contribution in [-0.2, 0) is 6.54 Å². The Morgan fingerprint density at radius 1 is 1.33 bits per heavy atom. The van der Waals surface area contributed by atoms with E-state index in [-0.39, 0.29) is 5.43 Å². The van der Waals surface area contributed by atoms with Gasteiger partial charge < -0.3 is 0 Å². The lowest BCUT2D eigenvalue weighted by atomic mass is 10.2. The number of aromatic nitrogens is 2. The number of para-hydroxylation sites is 1. The molecule has 0 aliphatic heterocycles. The minimum Gasteiger partial charge on any atom is -0.287 e. The van der Waals surface area contributed by atoms with Gasteiger partial charge in [0.25, 0.3) is 0 Å². The Morgan fingerprint density at radius 3 is 2.93 bits per heavy atom. The largest absolute Gasteiger partial charge is 0.287 e. The summed E-state index contributed by atoms with van der Waals surface area (Å²) in [6, 6.07) is 7.56. The number of aryl methyl sites for hydroxylation is 1. The van der Waals surface area contributed by atoms with Gasteiger partial charge in [0.05, 0.1) is 11.7 Å². The predicted octanol–water partition coefficient (Wildman–Crippen LogP) is 2.18. The molecule has 0 saturated heterocycles. The Bertz CT molecular complexity index is 521. The van der Waals surface area contributed by atoms with E-state index in [0.29, 0.717) is 0 Å². The molecule has 0 radical (unpaired) electrons. The van der Waals surface area contributed by atoms with E-state index in [1.54, 1.807) is 0 Å². The fourth-order valence-electron chi connectivity index (χ4n) is 1.55. The second kappa shape index (κ2) is 4.57. The summed E-state index contributed by atoms with van der Waals surface area (Å²) >= 11 is 3.38. The fourth-order valence-corrected chi connectivity index (χ4v) is 1.80. The molecule has 3 nitrogen and oxygen atoms in total. The lowest BCUT2D eigenvalue weighted by Gasteiger charge is -2.07. The van der Waals surface area contributed by atoms with Crippen molar-refractivity contribution in [3.8, 4) is 0 Å². The molecule has 0 spiro atoms. The average molecular weight is 267 g/mol. The molecule has 2 rings (SSSR count). The minimum atomic E-state index is -0.0132. The van der Waals surface area contributed by atoms with Gasteiger partial charge in [-0.3, -0.25) is 9.48 Å². The first-order valence-corrected chi connectivity index (χ1v) is 5.96. The molecule has 0 unspecified atom stereocenters. The van der Waals surface area contributed by atoms with Gasteiger partial charge in [-0.05, 0) is 18.6 Å². The molecule has 0 aliphatic carbocycles. The molecule has 1 aromatic carbocycles. The minimum absolute atomic E-state index is 0.0132. The smallest absolute Gasteiger partial charge is 0.207 e. The second-order valence-corrected chi connectivity index (χ2v) is 4.08. The van der Waals surface area contributed by atoms with Gasteiger partial charge in [0, 0.05) is 17.3 Å². The van der Waals surface area contributed by atoms with E-state index >= 15 is 0 Å². The normalized spacial score (nSPS) is 10.7. The summed E-state index contributed by atoms with van der Waals surface area (Å²) in [5.74, 6) is 0. The predicted molar refractivity (Wildman–Crippen MR) is 64.4 cm³/mol. The van der Waals surface area contributed by atoms with Crippen LogP contribution in [0.25, 0.3) is 10.9 Å². The van der Waals surface area contributed by atoms with E-state index in [1.807, 2.05) is 28.9 Å². The van der Waals surface area contributed by atoms with Crippen molar-refractivity contribution in [1.82, 2.24) is 9.78 Å². The third-order valence-corrected chi connectivity index (χ3v) is 2.83. The molecule has 0 saturated carbocycles. The van der Waals surface area contributed by atoms with Gasteiger partial charge in [-0.15, -0.1) is 0 Å². The molecule has 0 amide bonds. The zero-order valence-corrected chi connectivity index (χ0v) is 9.77. The number of halogens is 1. The van der Waals surface area contributed by atoms with Gasteiger partial charge in [-0.1, -0.05) is 28.1 Å². The molecule has 0 fully saturated rings. The number of rotatable bonds is 3. The monoisotopic (exact) mass is 266 g/mol. The van der Waals surface area contributed by atoms with Gasteiger partial charge in [0.1, 0.15) is 0 Å². The van der Waals surface area contributed by atoms with Crippen LogP contribution in [0.4, 0.5) is 0 Å². The van der Waals surface area contributed by atoms with Gasteiger partial charge in [-0.2, -0.15) is 5.10 Å². The molecule has 1 aromatic heterocycles. The fraction of sp³-hybridized carbons (Fsp3) is 0.273. The maximum atomic E-state index is 11.5. The van der Waals surface area contributed by atoms with Crippen LogP contribution in [0, 0.1) is 0 Å². The molecule has 0 bridgehead atoms. The lowest BCUT2D eigenvalue weighted by molar-refractivity contribution is 0.616. The molecule has 0 aliphatic rings. The maximum Gasteiger partial charge on any atom is 0.207 e. The Balaban J connectivity index is 2.56. The number of nitrogens with zero attached hydrogens (tertiary/aromatic N) is 2. The Morgan fingerprint density at radius 2 is 2.13 bits per heavy atom. The summed E-state index contributed by atoms with van der Waals surface area (Å²) < 4.78 is 1.87. The van der Waals surface area contributed by atoms with Gasteiger partial charge in [0.2, 0.25) is 5.43 Å². The molecule has 0 N–H and O–H groups in total.